The maximum Gasteiger partial charge on any atom is 0.00184 e. The molecule has 0 bridgehead atoms. The van der Waals surface area contributed by atoms with Gasteiger partial charge in [-0.05, 0) is 32.4 Å². The van der Waals surface area contributed by atoms with Gasteiger partial charge in [-0.2, -0.15) is 0 Å². The van der Waals surface area contributed by atoms with Gasteiger partial charge in [0.15, 0.2) is 0 Å². The van der Waals surface area contributed by atoms with Crippen molar-refractivity contribution < 1.29 is 0 Å². The van der Waals surface area contributed by atoms with E-state index in [1.807, 2.05) is 0 Å². The summed E-state index contributed by atoms with van der Waals surface area (Å²) >= 11 is 0. The molecule has 1 nitrogen and oxygen atoms in total. The Kier molecular flexibility index (Phi) is 8.11. The molecule has 78 valence electrons. The minimum Gasteiger partial charge on any atom is -0.303 e. The lowest BCUT2D eigenvalue weighted by molar-refractivity contribution is 0.291. The van der Waals surface area contributed by atoms with Gasteiger partial charge in [0.25, 0.3) is 0 Å². The molecule has 0 radical (unpaired) electrons. The van der Waals surface area contributed by atoms with E-state index >= 15 is 0 Å². The number of hydrogen-bond donors (Lipinski definition) is 0. The van der Waals surface area contributed by atoms with Gasteiger partial charge < -0.3 is 4.90 Å². The van der Waals surface area contributed by atoms with Gasteiger partial charge in [0.1, 0.15) is 0 Å². The van der Waals surface area contributed by atoms with Gasteiger partial charge in [0.05, 0.1) is 0 Å². The fourth-order valence-corrected chi connectivity index (χ4v) is 1.54. The Morgan fingerprint density at radius 2 is 1.69 bits per heavy atom. The summed E-state index contributed by atoms with van der Waals surface area (Å²) in [6.45, 7) is 14.4. The molecule has 1 heteroatoms. The monoisotopic (exact) mass is 183 g/mol. The van der Waals surface area contributed by atoms with Crippen LogP contribution in [0.4, 0.5) is 0 Å². The molecule has 13 heavy (non-hydrogen) atoms. The summed E-state index contributed by atoms with van der Waals surface area (Å²) in [6.07, 6.45) is 4.87. The predicted molar refractivity (Wildman–Crippen MR) is 61.1 cm³/mol. The molecule has 0 rings (SSSR count). The largest absolute Gasteiger partial charge is 0.303 e. The Hall–Kier alpha value is -0.300. The highest BCUT2D eigenvalue weighted by atomic mass is 15.1. The van der Waals surface area contributed by atoms with Gasteiger partial charge in [-0.3, -0.25) is 0 Å². The fourth-order valence-electron chi connectivity index (χ4n) is 1.54. The normalized spacial score (nSPS) is 10.8. The van der Waals surface area contributed by atoms with Crippen LogP contribution in [0.2, 0.25) is 0 Å². The van der Waals surface area contributed by atoms with Gasteiger partial charge in [0.2, 0.25) is 0 Å². The highest BCUT2D eigenvalue weighted by molar-refractivity contribution is 4.93. The third kappa shape index (κ3) is 6.83. The van der Waals surface area contributed by atoms with E-state index in [2.05, 4.69) is 32.3 Å². The molecule has 0 saturated heterocycles. The van der Waals surface area contributed by atoms with Crippen molar-refractivity contribution in [2.75, 3.05) is 19.6 Å². The molecule has 0 aliphatic heterocycles. The zero-order chi connectivity index (χ0) is 10.1. The third-order valence-electron chi connectivity index (χ3n) is 2.37. The summed E-state index contributed by atoms with van der Waals surface area (Å²) in [7, 11) is 0. The maximum atomic E-state index is 4.08. The maximum absolute atomic E-state index is 4.08. The topological polar surface area (TPSA) is 3.24 Å². The standard InChI is InChI=1S/C12H25N/c1-5-8-12(4)9-11-13(7-3)10-6-2/h4-11H2,1-3H3. The quantitative estimate of drug-likeness (QED) is 0.521. The zero-order valence-corrected chi connectivity index (χ0v) is 9.60. The molecule has 0 aromatic carbocycles. The summed E-state index contributed by atoms with van der Waals surface area (Å²) in [4.78, 5) is 2.50. The Labute approximate surface area is 83.8 Å². The molecular formula is C12H25N. The summed E-state index contributed by atoms with van der Waals surface area (Å²) in [5.41, 5.74) is 1.41. The van der Waals surface area contributed by atoms with Crippen LogP contribution in [0.15, 0.2) is 12.2 Å². The molecule has 0 unspecified atom stereocenters. The second-order valence-electron chi connectivity index (χ2n) is 3.68. The minimum absolute atomic E-state index is 1.17. The molecular weight excluding hydrogens is 158 g/mol. The van der Waals surface area contributed by atoms with E-state index in [4.69, 9.17) is 0 Å². The first kappa shape index (κ1) is 12.7. The smallest absolute Gasteiger partial charge is 0.00184 e. The number of hydrogen-bond acceptors (Lipinski definition) is 1. The Balaban J connectivity index is 3.52. The van der Waals surface area contributed by atoms with Crippen LogP contribution in [0.1, 0.15) is 46.5 Å². The van der Waals surface area contributed by atoms with Gasteiger partial charge in [-0.1, -0.05) is 39.3 Å². The zero-order valence-electron chi connectivity index (χ0n) is 9.60. The first-order valence-electron chi connectivity index (χ1n) is 5.63. The summed E-state index contributed by atoms with van der Waals surface area (Å²) < 4.78 is 0. The van der Waals surface area contributed by atoms with Crippen molar-refractivity contribution in [3.8, 4) is 0 Å². The van der Waals surface area contributed by atoms with Gasteiger partial charge in [-0.25, -0.2) is 0 Å². The fraction of sp³-hybridized carbons (Fsp3) is 0.833. The van der Waals surface area contributed by atoms with E-state index in [0.29, 0.717) is 0 Å². The second kappa shape index (κ2) is 8.31. The van der Waals surface area contributed by atoms with Crippen molar-refractivity contribution in [2.45, 2.75) is 46.5 Å². The first-order chi connectivity index (χ1) is 6.24. The van der Waals surface area contributed by atoms with Gasteiger partial charge in [-0.15, -0.1) is 0 Å². The molecule has 0 aromatic rings. The van der Waals surface area contributed by atoms with Crippen LogP contribution in [0.25, 0.3) is 0 Å². The summed E-state index contributed by atoms with van der Waals surface area (Å²) in [6, 6.07) is 0. The van der Waals surface area contributed by atoms with Crippen LogP contribution in [0, 0.1) is 0 Å². The average molecular weight is 183 g/mol. The van der Waals surface area contributed by atoms with Crippen LogP contribution in [0.3, 0.4) is 0 Å². The number of rotatable bonds is 8. The Bertz CT molecular complexity index is 129. The van der Waals surface area contributed by atoms with Gasteiger partial charge in [0, 0.05) is 6.54 Å². The molecule has 0 atom stereocenters. The van der Waals surface area contributed by atoms with Crippen molar-refractivity contribution in [2.24, 2.45) is 0 Å². The van der Waals surface area contributed by atoms with Crippen molar-refractivity contribution in [1.29, 1.82) is 0 Å². The third-order valence-corrected chi connectivity index (χ3v) is 2.37. The van der Waals surface area contributed by atoms with Crippen molar-refractivity contribution in [1.82, 2.24) is 4.90 Å². The van der Waals surface area contributed by atoms with Crippen LogP contribution in [-0.2, 0) is 0 Å². The Morgan fingerprint density at radius 1 is 1.00 bits per heavy atom. The van der Waals surface area contributed by atoms with Crippen molar-refractivity contribution >= 4 is 0 Å². The number of nitrogens with zero attached hydrogens (tertiary/aromatic N) is 1. The molecule has 0 fully saturated rings. The molecule has 0 heterocycles. The minimum atomic E-state index is 1.17. The molecule has 0 aromatic heterocycles. The van der Waals surface area contributed by atoms with Crippen LogP contribution in [0.5, 0.6) is 0 Å². The predicted octanol–water partition coefficient (Wildman–Crippen LogP) is 3.46. The molecule has 0 spiro atoms. The van der Waals surface area contributed by atoms with Gasteiger partial charge >= 0.3 is 0 Å². The van der Waals surface area contributed by atoms with Crippen LogP contribution >= 0.6 is 0 Å². The van der Waals surface area contributed by atoms with Crippen molar-refractivity contribution in [3.05, 3.63) is 12.2 Å². The van der Waals surface area contributed by atoms with Crippen molar-refractivity contribution in [3.63, 3.8) is 0 Å². The summed E-state index contributed by atoms with van der Waals surface area (Å²) in [5, 5.41) is 0. The average Bonchev–Trinajstić information content (AvgIpc) is 2.12. The highest BCUT2D eigenvalue weighted by Crippen LogP contribution is 2.07. The van der Waals surface area contributed by atoms with Crippen LogP contribution < -0.4 is 0 Å². The first-order valence-corrected chi connectivity index (χ1v) is 5.63. The lowest BCUT2D eigenvalue weighted by atomic mass is 10.1. The molecule has 0 saturated carbocycles. The van der Waals surface area contributed by atoms with E-state index in [-0.39, 0.29) is 0 Å². The highest BCUT2D eigenvalue weighted by Gasteiger charge is 2.01. The van der Waals surface area contributed by atoms with Crippen LogP contribution in [-0.4, -0.2) is 24.5 Å². The molecule has 0 N–H and O–H groups in total. The molecule has 0 aliphatic carbocycles. The van der Waals surface area contributed by atoms with E-state index in [1.165, 1.54) is 50.9 Å². The molecule has 0 aliphatic rings. The van der Waals surface area contributed by atoms with E-state index in [0.717, 1.165) is 0 Å². The van der Waals surface area contributed by atoms with E-state index in [9.17, 15) is 0 Å². The molecule has 0 amide bonds. The van der Waals surface area contributed by atoms with E-state index in [1.54, 1.807) is 0 Å². The Morgan fingerprint density at radius 3 is 2.15 bits per heavy atom. The lowest BCUT2D eigenvalue weighted by Gasteiger charge is -2.19. The van der Waals surface area contributed by atoms with E-state index < -0.39 is 0 Å². The SMILES string of the molecule is C=C(CCC)CCN(CC)CCC. The summed E-state index contributed by atoms with van der Waals surface area (Å²) in [5.74, 6) is 0. The second-order valence-corrected chi connectivity index (χ2v) is 3.68. The lowest BCUT2D eigenvalue weighted by Crippen LogP contribution is -2.25.